The number of pyridine rings is 1. The first-order valence-corrected chi connectivity index (χ1v) is 9.24. The fraction of sp³-hybridized carbons (Fsp3) is 0.100. The van der Waals surface area contributed by atoms with Crippen molar-refractivity contribution in [2.45, 2.75) is 6.04 Å². The molecular formula is C20H17BrN4O2. The van der Waals surface area contributed by atoms with Crippen molar-refractivity contribution >= 4 is 32.9 Å². The van der Waals surface area contributed by atoms with Gasteiger partial charge >= 0.3 is 0 Å². The third-order valence-corrected chi connectivity index (χ3v) is 4.95. The average molecular weight is 425 g/mol. The van der Waals surface area contributed by atoms with E-state index < -0.39 is 0 Å². The summed E-state index contributed by atoms with van der Waals surface area (Å²) in [5.74, 6) is 0.475. The first kappa shape index (κ1) is 17.5. The number of halogens is 1. The van der Waals surface area contributed by atoms with E-state index >= 15 is 0 Å². The molecule has 6 nitrogen and oxygen atoms in total. The van der Waals surface area contributed by atoms with E-state index in [1.807, 2.05) is 48.7 Å². The van der Waals surface area contributed by atoms with E-state index in [2.05, 4.69) is 31.2 Å². The molecule has 0 aliphatic heterocycles. The number of benzene rings is 1. The molecule has 0 fully saturated rings. The predicted octanol–water partition coefficient (Wildman–Crippen LogP) is 4.02. The van der Waals surface area contributed by atoms with E-state index in [1.54, 1.807) is 12.3 Å². The summed E-state index contributed by atoms with van der Waals surface area (Å²) in [5.41, 5.74) is 8.40. The lowest BCUT2D eigenvalue weighted by Crippen LogP contribution is -2.33. The van der Waals surface area contributed by atoms with E-state index in [9.17, 15) is 4.79 Å². The minimum Gasteiger partial charge on any atom is -0.450 e. The zero-order chi connectivity index (χ0) is 18.8. The molecule has 27 heavy (non-hydrogen) atoms. The van der Waals surface area contributed by atoms with Crippen molar-refractivity contribution in [3.8, 4) is 11.3 Å². The minimum atomic E-state index is -0.319. The number of H-pyrrole nitrogens is 1. The smallest absolute Gasteiger partial charge is 0.287 e. The van der Waals surface area contributed by atoms with Gasteiger partial charge in [0.15, 0.2) is 5.76 Å². The standard InChI is InChI=1S/C20H17BrN4O2/c21-15-10-17(20(26)25-16(11-22)12-4-2-1-3-5-12)27-18(15)13-6-8-23-19-14(13)7-9-24-19/h1-10,16H,11,22H2,(H,23,24)(H,25,26). The Morgan fingerprint density at radius 2 is 2.07 bits per heavy atom. The Kier molecular flexibility index (Phi) is 4.79. The largest absolute Gasteiger partial charge is 0.450 e. The van der Waals surface area contributed by atoms with Gasteiger partial charge in [-0.05, 0) is 33.6 Å². The molecule has 4 N–H and O–H groups in total. The first-order chi connectivity index (χ1) is 13.2. The maximum Gasteiger partial charge on any atom is 0.287 e. The fourth-order valence-electron chi connectivity index (χ4n) is 3.02. The average Bonchev–Trinajstić information content (AvgIpc) is 3.33. The molecule has 0 saturated heterocycles. The molecule has 0 bridgehead atoms. The lowest BCUT2D eigenvalue weighted by atomic mass is 10.1. The summed E-state index contributed by atoms with van der Waals surface area (Å²) in [6.45, 7) is 0.290. The molecule has 4 aromatic rings. The number of aromatic nitrogens is 2. The third kappa shape index (κ3) is 3.39. The summed E-state index contributed by atoms with van der Waals surface area (Å²) < 4.78 is 6.58. The van der Waals surface area contributed by atoms with Gasteiger partial charge in [-0.15, -0.1) is 0 Å². The molecule has 1 atom stereocenters. The number of amides is 1. The number of fused-ring (bicyclic) bond motifs is 1. The maximum atomic E-state index is 12.7. The van der Waals surface area contributed by atoms with Crippen LogP contribution in [0.4, 0.5) is 0 Å². The SMILES string of the molecule is NCC(NC(=O)c1cc(Br)c(-c2ccnc3[nH]ccc23)o1)c1ccccc1. The second-order valence-electron chi connectivity index (χ2n) is 6.06. The van der Waals surface area contributed by atoms with Gasteiger partial charge in [-0.2, -0.15) is 0 Å². The zero-order valence-electron chi connectivity index (χ0n) is 14.3. The summed E-state index contributed by atoms with van der Waals surface area (Å²) in [5, 5.41) is 3.85. The van der Waals surface area contributed by atoms with Crippen molar-refractivity contribution < 1.29 is 9.21 Å². The van der Waals surface area contributed by atoms with E-state index in [-0.39, 0.29) is 17.7 Å². The van der Waals surface area contributed by atoms with Gasteiger partial charge in [-0.1, -0.05) is 30.3 Å². The Labute approximate surface area is 163 Å². The second kappa shape index (κ2) is 7.38. The van der Waals surface area contributed by atoms with Crippen LogP contribution in [0.15, 0.2) is 69.8 Å². The summed E-state index contributed by atoms with van der Waals surface area (Å²) >= 11 is 3.50. The van der Waals surface area contributed by atoms with Crippen LogP contribution < -0.4 is 11.1 Å². The minimum absolute atomic E-state index is 0.215. The molecular weight excluding hydrogens is 408 g/mol. The van der Waals surface area contributed by atoms with Crippen LogP contribution in [-0.4, -0.2) is 22.4 Å². The highest BCUT2D eigenvalue weighted by Crippen LogP contribution is 2.35. The van der Waals surface area contributed by atoms with E-state index in [1.165, 1.54) is 0 Å². The number of hydrogen-bond donors (Lipinski definition) is 3. The van der Waals surface area contributed by atoms with Crippen LogP contribution in [0, 0.1) is 0 Å². The van der Waals surface area contributed by atoms with Crippen LogP contribution in [0.3, 0.4) is 0 Å². The Balaban J connectivity index is 1.63. The molecule has 0 spiro atoms. The van der Waals surface area contributed by atoms with Crippen LogP contribution in [0.5, 0.6) is 0 Å². The van der Waals surface area contributed by atoms with Crippen molar-refractivity contribution in [1.29, 1.82) is 0 Å². The Bertz CT molecular complexity index is 1090. The number of furan rings is 1. The highest BCUT2D eigenvalue weighted by molar-refractivity contribution is 9.10. The van der Waals surface area contributed by atoms with Crippen LogP contribution in [0.25, 0.3) is 22.4 Å². The number of nitrogens with one attached hydrogen (secondary N) is 2. The van der Waals surface area contributed by atoms with E-state index in [4.69, 9.17) is 10.2 Å². The van der Waals surface area contributed by atoms with Crippen molar-refractivity contribution in [3.05, 3.63) is 76.7 Å². The van der Waals surface area contributed by atoms with Crippen LogP contribution in [-0.2, 0) is 0 Å². The molecule has 1 amide bonds. The highest BCUT2D eigenvalue weighted by atomic mass is 79.9. The first-order valence-electron chi connectivity index (χ1n) is 8.45. The second-order valence-corrected chi connectivity index (χ2v) is 6.91. The van der Waals surface area contributed by atoms with Crippen molar-refractivity contribution in [2.24, 2.45) is 5.73 Å². The van der Waals surface area contributed by atoms with E-state index in [0.717, 1.165) is 22.2 Å². The molecule has 4 rings (SSSR count). The summed E-state index contributed by atoms with van der Waals surface area (Å²) in [4.78, 5) is 20.0. The number of nitrogens with zero attached hydrogens (tertiary/aromatic N) is 1. The van der Waals surface area contributed by atoms with Crippen molar-refractivity contribution in [2.75, 3.05) is 6.54 Å². The molecule has 0 aliphatic carbocycles. The van der Waals surface area contributed by atoms with Gasteiger partial charge in [0, 0.05) is 36.0 Å². The number of nitrogens with two attached hydrogens (primary N) is 1. The lowest BCUT2D eigenvalue weighted by Gasteiger charge is -2.16. The molecule has 0 radical (unpaired) electrons. The monoisotopic (exact) mass is 424 g/mol. The molecule has 0 aliphatic rings. The molecule has 1 aromatic carbocycles. The van der Waals surface area contributed by atoms with Gasteiger partial charge in [-0.3, -0.25) is 4.79 Å². The van der Waals surface area contributed by atoms with Crippen molar-refractivity contribution in [1.82, 2.24) is 15.3 Å². The van der Waals surface area contributed by atoms with Gasteiger partial charge in [0.2, 0.25) is 0 Å². The summed E-state index contributed by atoms with van der Waals surface area (Å²) in [7, 11) is 0. The third-order valence-electron chi connectivity index (χ3n) is 4.36. The summed E-state index contributed by atoms with van der Waals surface area (Å²) in [6, 6.07) is 14.8. The van der Waals surface area contributed by atoms with Crippen molar-refractivity contribution in [3.63, 3.8) is 0 Å². The Morgan fingerprint density at radius 1 is 1.26 bits per heavy atom. The number of carbonyl (C=O) groups is 1. The lowest BCUT2D eigenvalue weighted by molar-refractivity contribution is 0.0910. The normalized spacial score (nSPS) is 12.2. The highest BCUT2D eigenvalue weighted by Gasteiger charge is 2.21. The van der Waals surface area contributed by atoms with Gasteiger partial charge in [0.05, 0.1) is 10.5 Å². The predicted molar refractivity (Wildman–Crippen MR) is 107 cm³/mol. The van der Waals surface area contributed by atoms with Gasteiger partial charge in [0.1, 0.15) is 11.4 Å². The zero-order valence-corrected chi connectivity index (χ0v) is 15.9. The number of aromatic amines is 1. The molecule has 3 aromatic heterocycles. The molecule has 7 heteroatoms. The van der Waals surface area contributed by atoms with Gasteiger partial charge in [0.25, 0.3) is 5.91 Å². The molecule has 136 valence electrons. The van der Waals surface area contributed by atoms with Crippen LogP contribution in [0.1, 0.15) is 22.2 Å². The number of carbonyl (C=O) groups excluding carboxylic acids is 1. The summed E-state index contributed by atoms with van der Waals surface area (Å²) in [6.07, 6.45) is 3.51. The molecule has 1 unspecified atom stereocenters. The Hall–Kier alpha value is -2.90. The van der Waals surface area contributed by atoms with E-state index in [0.29, 0.717) is 16.8 Å². The number of rotatable bonds is 5. The quantitative estimate of drug-likeness (QED) is 0.450. The molecule has 3 heterocycles. The van der Waals surface area contributed by atoms with Gasteiger partial charge in [-0.25, -0.2) is 4.98 Å². The fourth-order valence-corrected chi connectivity index (χ4v) is 3.52. The molecule has 0 saturated carbocycles. The van der Waals surface area contributed by atoms with Crippen LogP contribution >= 0.6 is 15.9 Å². The van der Waals surface area contributed by atoms with Gasteiger partial charge < -0.3 is 20.5 Å². The number of hydrogen-bond acceptors (Lipinski definition) is 4. The Morgan fingerprint density at radius 3 is 2.85 bits per heavy atom. The van der Waals surface area contributed by atoms with Crippen LogP contribution in [0.2, 0.25) is 0 Å². The topological polar surface area (TPSA) is 96.9 Å². The maximum absolute atomic E-state index is 12.7.